The fourth-order valence-corrected chi connectivity index (χ4v) is 2.32. The molecular weight excluding hydrogens is 258 g/mol. The molecule has 100 valence electrons. The molecule has 4 heteroatoms. The lowest BCUT2D eigenvalue weighted by molar-refractivity contribution is 0.550. The lowest BCUT2D eigenvalue weighted by Gasteiger charge is -2.19. The van der Waals surface area contributed by atoms with Crippen LogP contribution in [0.3, 0.4) is 0 Å². The molecule has 1 aromatic heterocycles. The summed E-state index contributed by atoms with van der Waals surface area (Å²) in [6.07, 6.45) is 2.51. The van der Waals surface area contributed by atoms with Crippen LogP contribution in [0.25, 0.3) is 0 Å². The summed E-state index contributed by atoms with van der Waals surface area (Å²) in [5.41, 5.74) is 8.12. The van der Waals surface area contributed by atoms with Crippen LogP contribution in [-0.2, 0) is 6.42 Å². The molecule has 2 rings (SSSR count). The average molecular weight is 276 g/mol. The van der Waals surface area contributed by atoms with E-state index in [4.69, 9.17) is 17.3 Å². The molecule has 3 nitrogen and oxygen atoms in total. The van der Waals surface area contributed by atoms with Crippen molar-refractivity contribution in [2.45, 2.75) is 19.4 Å². The van der Waals surface area contributed by atoms with E-state index in [0.717, 1.165) is 29.1 Å². The number of halogens is 1. The fraction of sp³-hybridized carbons (Fsp3) is 0.267. The molecule has 0 saturated heterocycles. The van der Waals surface area contributed by atoms with Crippen molar-refractivity contribution >= 4 is 17.4 Å². The minimum Gasteiger partial charge on any atom is -0.383 e. The third-order valence-corrected chi connectivity index (χ3v) is 3.29. The van der Waals surface area contributed by atoms with Crippen molar-refractivity contribution < 1.29 is 0 Å². The van der Waals surface area contributed by atoms with Gasteiger partial charge in [0, 0.05) is 17.3 Å². The number of rotatable bonds is 5. The maximum absolute atomic E-state index is 6.06. The number of hydrogen-bond donors (Lipinski definition) is 2. The van der Waals surface area contributed by atoms with Gasteiger partial charge in [0.1, 0.15) is 5.82 Å². The lowest BCUT2D eigenvalue weighted by atomic mass is 9.99. The maximum atomic E-state index is 6.06. The van der Waals surface area contributed by atoms with Crippen molar-refractivity contribution in [3.63, 3.8) is 0 Å². The number of likely N-dealkylation sites (N-methyl/N-ethyl adjacent to an activating group) is 1. The van der Waals surface area contributed by atoms with Crippen LogP contribution in [0, 0.1) is 0 Å². The van der Waals surface area contributed by atoms with Crippen LogP contribution in [0.1, 0.15) is 24.1 Å². The quantitative estimate of drug-likeness (QED) is 0.881. The highest BCUT2D eigenvalue weighted by atomic mass is 35.5. The highest BCUT2D eigenvalue weighted by molar-refractivity contribution is 6.30. The highest BCUT2D eigenvalue weighted by Gasteiger charge is 2.13. The second-order valence-corrected chi connectivity index (χ2v) is 4.85. The second kappa shape index (κ2) is 6.55. The van der Waals surface area contributed by atoms with Crippen molar-refractivity contribution in [1.29, 1.82) is 0 Å². The summed E-state index contributed by atoms with van der Waals surface area (Å²) >= 11 is 6.06. The molecule has 0 bridgehead atoms. The molecule has 2 aromatic rings. The van der Waals surface area contributed by atoms with E-state index in [1.165, 1.54) is 0 Å². The van der Waals surface area contributed by atoms with Crippen molar-refractivity contribution in [3.05, 3.63) is 58.7 Å². The van der Waals surface area contributed by atoms with Gasteiger partial charge in [0.25, 0.3) is 0 Å². The lowest BCUT2D eigenvalue weighted by Crippen LogP contribution is -2.23. The Morgan fingerprint density at radius 3 is 2.84 bits per heavy atom. The number of hydrogen-bond acceptors (Lipinski definition) is 3. The summed E-state index contributed by atoms with van der Waals surface area (Å²) in [7, 11) is 0. The van der Waals surface area contributed by atoms with Gasteiger partial charge in [-0.1, -0.05) is 36.7 Å². The fourth-order valence-electron chi connectivity index (χ4n) is 2.12. The molecule has 1 atom stereocenters. The predicted octanol–water partition coefficient (Wildman–Crippen LogP) is 3.21. The van der Waals surface area contributed by atoms with Crippen LogP contribution in [-0.4, -0.2) is 11.5 Å². The molecule has 1 heterocycles. The predicted molar refractivity (Wildman–Crippen MR) is 80.2 cm³/mol. The molecule has 0 aliphatic rings. The summed E-state index contributed by atoms with van der Waals surface area (Å²) in [5, 5.41) is 4.21. The topological polar surface area (TPSA) is 50.9 Å². The van der Waals surface area contributed by atoms with Crippen molar-refractivity contribution in [1.82, 2.24) is 10.3 Å². The minimum absolute atomic E-state index is 0.190. The molecule has 0 spiro atoms. The number of aromatic nitrogens is 1. The Morgan fingerprint density at radius 1 is 1.32 bits per heavy atom. The van der Waals surface area contributed by atoms with Gasteiger partial charge in [-0.2, -0.15) is 0 Å². The van der Waals surface area contributed by atoms with E-state index in [0.29, 0.717) is 5.82 Å². The van der Waals surface area contributed by atoms with Gasteiger partial charge < -0.3 is 11.1 Å². The van der Waals surface area contributed by atoms with Gasteiger partial charge in [0.05, 0.1) is 0 Å². The first kappa shape index (κ1) is 13.8. The van der Waals surface area contributed by atoms with Crippen molar-refractivity contribution in [2.75, 3.05) is 12.3 Å². The molecule has 0 amide bonds. The van der Waals surface area contributed by atoms with E-state index in [9.17, 15) is 0 Å². The zero-order valence-corrected chi connectivity index (χ0v) is 11.7. The molecule has 0 radical (unpaired) electrons. The molecule has 0 aliphatic heterocycles. The first-order valence-corrected chi connectivity index (χ1v) is 6.76. The van der Waals surface area contributed by atoms with Gasteiger partial charge in [0.2, 0.25) is 0 Å². The van der Waals surface area contributed by atoms with Crippen molar-refractivity contribution in [2.24, 2.45) is 0 Å². The number of nitrogens with two attached hydrogens (primary N) is 1. The SMILES string of the molecule is CCNC(Cc1cccnc1N)c1cccc(Cl)c1. The molecule has 1 unspecified atom stereocenters. The Labute approximate surface area is 118 Å². The smallest absolute Gasteiger partial charge is 0.126 e. The van der Waals surface area contributed by atoms with Gasteiger partial charge in [-0.25, -0.2) is 4.98 Å². The normalized spacial score (nSPS) is 12.3. The van der Waals surface area contributed by atoms with Gasteiger partial charge in [-0.3, -0.25) is 0 Å². The Bertz CT molecular complexity index is 542. The van der Waals surface area contributed by atoms with Gasteiger partial charge in [-0.05, 0) is 42.3 Å². The molecule has 1 aromatic carbocycles. The monoisotopic (exact) mass is 275 g/mol. The zero-order valence-electron chi connectivity index (χ0n) is 10.9. The Balaban J connectivity index is 2.24. The standard InChI is InChI=1S/C15H18ClN3/c1-2-18-14(11-5-3-7-13(16)9-11)10-12-6-4-8-19-15(12)17/h3-9,14,18H,2,10H2,1H3,(H2,17,19). The first-order chi connectivity index (χ1) is 9.20. The molecule has 0 fully saturated rings. The number of pyridine rings is 1. The van der Waals surface area contributed by atoms with Crippen LogP contribution in [0.4, 0.5) is 5.82 Å². The molecular formula is C15H18ClN3. The minimum atomic E-state index is 0.190. The third kappa shape index (κ3) is 3.69. The van der Waals surface area contributed by atoms with Crippen LogP contribution in [0.15, 0.2) is 42.6 Å². The number of anilines is 1. The van der Waals surface area contributed by atoms with Crippen LogP contribution >= 0.6 is 11.6 Å². The maximum Gasteiger partial charge on any atom is 0.126 e. The van der Waals surface area contributed by atoms with Crippen LogP contribution in [0.2, 0.25) is 5.02 Å². The summed E-state index contributed by atoms with van der Waals surface area (Å²) in [6, 6.07) is 12.0. The molecule has 19 heavy (non-hydrogen) atoms. The molecule has 3 N–H and O–H groups in total. The summed E-state index contributed by atoms with van der Waals surface area (Å²) in [6.45, 7) is 2.97. The number of nitrogen functional groups attached to an aromatic ring is 1. The number of benzene rings is 1. The molecule has 0 aliphatic carbocycles. The highest BCUT2D eigenvalue weighted by Crippen LogP contribution is 2.23. The average Bonchev–Trinajstić information content (AvgIpc) is 2.40. The molecule has 0 saturated carbocycles. The van der Waals surface area contributed by atoms with Gasteiger partial charge in [0.15, 0.2) is 0 Å². The van der Waals surface area contributed by atoms with Gasteiger partial charge >= 0.3 is 0 Å². The largest absolute Gasteiger partial charge is 0.383 e. The Morgan fingerprint density at radius 2 is 2.16 bits per heavy atom. The van der Waals surface area contributed by atoms with E-state index in [2.05, 4.69) is 23.3 Å². The van der Waals surface area contributed by atoms with Crippen LogP contribution in [0.5, 0.6) is 0 Å². The first-order valence-electron chi connectivity index (χ1n) is 6.39. The number of nitrogens with one attached hydrogen (secondary N) is 1. The van der Waals surface area contributed by atoms with E-state index in [-0.39, 0.29) is 6.04 Å². The summed E-state index contributed by atoms with van der Waals surface area (Å²) in [4.78, 5) is 4.13. The number of nitrogens with zero attached hydrogens (tertiary/aromatic N) is 1. The van der Waals surface area contributed by atoms with E-state index < -0.39 is 0 Å². The Hall–Kier alpha value is -1.58. The van der Waals surface area contributed by atoms with Crippen molar-refractivity contribution in [3.8, 4) is 0 Å². The zero-order chi connectivity index (χ0) is 13.7. The third-order valence-electron chi connectivity index (χ3n) is 3.05. The van der Waals surface area contributed by atoms with E-state index >= 15 is 0 Å². The Kier molecular flexibility index (Phi) is 4.77. The summed E-state index contributed by atoms with van der Waals surface area (Å²) < 4.78 is 0. The van der Waals surface area contributed by atoms with Gasteiger partial charge in [-0.15, -0.1) is 0 Å². The van der Waals surface area contributed by atoms with E-state index in [1.54, 1.807) is 6.20 Å². The second-order valence-electron chi connectivity index (χ2n) is 4.42. The summed E-state index contributed by atoms with van der Waals surface area (Å²) in [5.74, 6) is 0.590. The van der Waals surface area contributed by atoms with E-state index in [1.807, 2.05) is 30.3 Å². The van der Waals surface area contributed by atoms with Crippen LogP contribution < -0.4 is 11.1 Å².